The minimum atomic E-state index is -2.93. The Labute approximate surface area is 166 Å². The number of thiazole rings is 1. The molecule has 0 N–H and O–H groups in total. The largest absolute Gasteiger partial charge is 0.497 e. The van der Waals surface area contributed by atoms with Gasteiger partial charge in [0.05, 0.1) is 29.3 Å². The fraction of sp³-hybridized carbons (Fsp3) is 0.550. The molecule has 1 saturated heterocycles. The van der Waals surface area contributed by atoms with E-state index < -0.39 is 9.84 Å². The molecular formula is C20H28N2O3S2. The van der Waals surface area contributed by atoms with Crippen LogP contribution in [0.3, 0.4) is 0 Å². The molecule has 0 bridgehead atoms. The zero-order valence-electron chi connectivity index (χ0n) is 16.4. The van der Waals surface area contributed by atoms with Crippen LogP contribution in [0.5, 0.6) is 5.75 Å². The Balaban J connectivity index is 1.80. The second-order valence-corrected chi connectivity index (χ2v) is 11.3. The van der Waals surface area contributed by atoms with Crippen LogP contribution in [0.1, 0.15) is 43.5 Å². The number of aromatic nitrogens is 1. The molecule has 1 fully saturated rings. The molecule has 148 valence electrons. The van der Waals surface area contributed by atoms with Crippen molar-refractivity contribution in [1.82, 2.24) is 9.88 Å². The highest BCUT2D eigenvalue weighted by Crippen LogP contribution is 2.28. The maximum absolute atomic E-state index is 12.0. The van der Waals surface area contributed by atoms with Gasteiger partial charge in [-0.2, -0.15) is 0 Å². The van der Waals surface area contributed by atoms with Gasteiger partial charge in [-0.15, -0.1) is 11.3 Å². The number of sulfone groups is 1. The fourth-order valence-electron chi connectivity index (χ4n) is 3.28. The predicted molar refractivity (Wildman–Crippen MR) is 110 cm³/mol. The van der Waals surface area contributed by atoms with Crippen molar-refractivity contribution in [1.29, 1.82) is 0 Å². The van der Waals surface area contributed by atoms with Crippen molar-refractivity contribution in [2.45, 2.75) is 51.7 Å². The van der Waals surface area contributed by atoms with E-state index in [1.54, 1.807) is 18.4 Å². The van der Waals surface area contributed by atoms with Crippen LogP contribution in [0.15, 0.2) is 29.6 Å². The smallest absolute Gasteiger partial charge is 0.151 e. The van der Waals surface area contributed by atoms with Crippen LogP contribution in [0.2, 0.25) is 0 Å². The summed E-state index contributed by atoms with van der Waals surface area (Å²) in [6, 6.07) is 8.00. The molecule has 1 aromatic carbocycles. The molecule has 0 saturated carbocycles. The van der Waals surface area contributed by atoms with Crippen molar-refractivity contribution < 1.29 is 13.2 Å². The molecule has 7 heteroatoms. The van der Waals surface area contributed by atoms with Crippen molar-refractivity contribution in [2.75, 3.05) is 18.6 Å². The summed E-state index contributed by atoms with van der Waals surface area (Å²) in [7, 11) is -1.28. The number of hydrogen-bond acceptors (Lipinski definition) is 6. The van der Waals surface area contributed by atoms with Gasteiger partial charge >= 0.3 is 0 Å². The molecule has 0 spiro atoms. The number of hydrogen-bond donors (Lipinski definition) is 0. The molecule has 2 heterocycles. The van der Waals surface area contributed by atoms with Crippen LogP contribution < -0.4 is 4.74 Å². The molecule has 1 aliphatic heterocycles. The molecule has 1 atom stereocenters. The van der Waals surface area contributed by atoms with E-state index >= 15 is 0 Å². The lowest BCUT2D eigenvalue weighted by Crippen LogP contribution is -2.35. The quantitative estimate of drug-likeness (QED) is 0.730. The second-order valence-electron chi connectivity index (χ2n) is 8.20. The zero-order chi connectivity index (χ0) is 19.7. The highest BCUT2D eigenvalue weighted by atomic mass is 32.2. The van der Waals surface area contributed by atoms with Crippen molar-refractivity contribution in [2.24, 2.45) is 0 Å². The van der Waals surface area contributed by atoms with E-state index in [9.17, 15) is 8.42 Å². The predicted octanol–water partition coefficient (Wildman–Crippen LogP) is 3.64. The first kappa shape index (κ1) is 20.3. The van der Waals surface area contributed by atoms with Crippen LogP contribution in [-0.2, 0) is 28.3 Å². The first-order valence-electron chi connectivity index (χ1n) is 9.18. The van der Waals surface area contributed by atoms with Crippen LogP contribution in [0.4, 0.5) is 0 Å². The van der Waals surface area contributed by atoms with Gasteiger partial charge in [0.2, 0.25) is 0 Å². The molecule has 2 aromatic rings. The van der Waals surface area contributed by atoms with Crippen molar-refractivity contribution in [3.05, 3.63) is 45.9 Å². The summed E-state index contributed by atoms with van der Waals surface area (Å²) in [6.45, 7) is 7.85. The molecule has 1 aliphatic rings. The Hall–Kier alpha value is -1.44. The summed E-state index contributed by atoms with van der Waals surface area (Å²) in [5, 5.41) is 3.21. The maximum atomic E-state index is 12.0. The summed E-state index contributed by atoms with van der Waals surface area (Å²) in [5.74, 6) is 1.34. The Bertz CT molecular complexity index is 867. The van der Waals surface area contributed by atoms with Gasteiger partial charge in [-0.3, -0.25) is 4.90 Å². The number of benzene rings is 1. The van der Waals surface area contributed by atoms with E-state index in [2.05, 4.69) is 31.1 Å². The van der Waals surface area contributed by atoms with Gasteiger partial charge in [0.15, 0.2) is 9.84 Å². The topological polar surface area (TPSA) is 59.5 Å². The van der Waals surface area contributed by atoms with E-state index in [-0.39, 0.29) is 23.0 Å². The highest BCUT2D eigenvalue weighted by molar-refractivity contribution is 7.91. The zero-order valence-corrected chi connectivity index (χ0v) is 18.1. The average molecular weight is 409 g/mol. The SMILES string of the molecule is COc1ccc(CN(Cc2csc(C(C)(C)C)n2)[C@@H]2CCS(=O)(=O)C2)cc1. The van der Waals surface area contributed by atoms with Crippen LogP contribution in [-0.4, -0.2) is 43.0 Å². The van der Waals surface area contributed by atoms with E-state index in [0.717, 1.165) is 22.0 Å². The van der Waals surface area contributed by atoms with Crippen LogP contribution >= 0.6 is 11.3 Å². The first-order valence-corrected chi connectivity index (χ1v) is 11.9. The molecule has 0 aliphatic carbocycles. The van der Waals surface area contributed by atoms with Gasteiger partial charge < -0.3 is 4.74 Å². The molecule has 0 unspecified atom stereocenters. The molecule has 3 rings (SSSR count). The number of methoxy groups -OCH3 is 1. The molecule has 1 aromatic heterocycles. The van der Waals surface area contributed by atoms with E-state index in [0.29, 0.717) is 19.5 Å². The summed E-state index contributed by atoms with van der Waals surface area (Å²) in [5.41, 5.74) is 2.19. The molecule has 0 amide bonds. The number of nitrogens with zero attached hydrogens (tertiary/aromatic N) is 2. The number of ether oxygens (including phenoxy) is 1. The van der Waals surface area contributed by atoms with E-state index in [1.807, 2.05) is 24.3 Å². The normalized spacial score (nSPS) is 19.5. The number of rotatable bonds is 6. The molecule has 0 radical (unpaired) electrons. The minimum absolute atomic E-state index is 0.0282. The molecule has 5 nitrogen and oxygen atoms in total. The third kappa shape index (κ3) is 5.30. The third-order valence-corrected chi connectivity index (χ3v) is 7.90. The summed E-state index contributed by atoms with van der Waals surface area (Å²) < 4.78 is 29.3. The highest BCUT2D eigenvalue weighted by Gasteiger charge is 2.32. The monoisotopic (exact) mass is 408 g/mol. The Morgan fingerprint density at radius 2 is 1.93 bits per heavy atom. The Kier molecular flexibility index (Phi) is 5.93. The van der Waals surface area contributed by atoms with Crippen molar-refractivity contribution >= 4 is 21.2 Å². The summed E-state index contributed by atoms with van der Waals surface area (Å²) in [4.78, 5) is 7.06. The minimum Gasteiger partial charge on any atom is -0.497 e. The van der Waals surface area contributed by atoms with Gasteiger partial charge in [-0.05, 0) is 24.1 Å². The lowest BCUT2D eigenvalue weighted by Gasteiger charge is -2.27. The van der Waals surface area contributed by atoms with Crippen molar-refractivity contribution in [3.8, 4) is 5.75 Å². The molecular weight excluding hydrogens is 380 g/mol. The van der Waals surface area contributed by atoms with Gasteiger partial charge in [0.1, 0.15) is 5.75 Å². The van der Waals surface area contributed by atoms with Crippen molar-refractivity contribution in [3.63, 3.8) is 0 Å². The van der Waals surface area contributed by atoms with Crippen LogP contribution in [0, 0.1) is 0 Å². The van der Waals surface area contributed by atoms with Gasteiger partial charge in [0, 0.05) is 29.9 Å². The third-order valence-electron chi connectivity index (χ3n) is 4.83. The maximum Gasteiger partial charge on any atom is 0.151 e. The van der Waals surface area contributed by atoms with E-state index in [4.69, 9.17) is 9.72 Å². The first-order chi connectivity index (χ1) is 12.7. The molecule has 27 heavy (non-hydrogen) atoms. The summed E-state index contributed by atoms with van der Waals surface area (Å²) >= 11 is 1.68. The summed E-state index contributed by atoms with van der Waals surface area (Å²) in [6.07, 6.45) is 0.689. The van der Waals surface area contributed by atoms with Gasteiger partial charge in [0.25, 0.3) is 0 Å². The second kappa shape index (κ2) is 7.89. The van der Waals surface area contributed by atoms with Gasteiger partial charge in [-0.1, -0.05) is 32.9 Å². The standard InChI is InChI=1S/C20H28N2O3S2/c1-20(2,3)19-21-16(13-26-19)12-22(17-9-10-27(23,24)14-17)11-15-5-7-18(25-4)8-6-15/h5-8,13,17H,9-12,14H2,1-4H3/t17-/m1/s1. The lowest BCUT2D eigenvalue weighted by molar-refractivity contribution is 0.192. The average Bonchev–Trinajstić information content (AvgIpc) is 3.21. The Morgan fingerprint density at radius 1 is 1.22 bits per heavy atom. The lowest BCUT2D eigenvalue weighted by atomic mass is 9.98. The van der Waals surface area contributed by atoms with Crippen LogP contribution in [0.25, 0.3) is 0 Å². The Morgan fingerprint density at radius 3 is 2.44 bits per heavy atom. The van der Waals surface area contributed by atoms with E-state index in [1.165, 1.54) is 0 Å². The van der Waals surface area contributed by atoms with Gasteiger partial charge in [-0.25, -0.2) is 13.4 Å². The fourth-order valence-corrected chi connectivity index (χ4v) is 5.94.